The summed E-state index contributed by atoms with van der Waals surface area (Å²) >= 11 is 0. The van der Waals surface area contributed by atoms with E-state index in [0.29, 0.717) is 30.9 Å². The number of nitrogens with one attached hydrogen (secondary N) is 3. The Bertz CT molecular complexity index is 1380. The minimum Gasteiger partial charge on any atom is -0.379 e. The molecule has 4 aromatic rings. The highest BCUT2D eigenvalue weighted by Crippen LogP contribution is 2.26. The molecule has 0 radical (unpaired) electrons. The predicted octanol–water partition coefficient (Wildman–Crippen LogP) is 3.86. The van der Waals surface area contributed by atoms with E-state index in [2.05, 4.69) is 42.5 Å². The summed E-state index contributed by atoms with van der Waals surface area (Å²) in [6, 6.07) is 19.2. The van der Waals surface area contributed by atoms with E-state index in [9.17, 15) is 9.59 Å². The number of carbonyl (C=O) groups is 2. The van der Waals surface area contributed by atoms with Crippen LogP contribution in [0.1, 0.15) is 27.9 Å². The standard InChI is InChI=1S/C30H34N6O3/c37-29(32-12-5-13-35-14-16-39-17-15-35)27-22-36(21-23-6-2-1-3-7-23)28-10-9-25(18-26(27)28)34-30(38)33-20-24-8-4-11-31-19-24/h1-4,6-11,18-19,22H,5,12-17,20-21H2,(H,32,37)(H2,33,34,38). The summed E-state index contributed by atoms with van der Waals surface area (Å²) < 4.78 is 7.49. The molecule has 3 amide bonds. The number of hydrogen-bond acceptors (Lipinski definition) is 5. The zero-order valence-electron chi connectivity index (χ0n) is 21.9. The highest BCUT2D eigenvalue weighted by molar-refractivity contribution is 6.08. The van der Waals surface area contributed by atoms with Crippen LogP contribution >= 0.6 is 0 Å². The number of carbonyl (C=O) groups excluding carboxylic acids is 2. The Labute approximate surface area is 228 Å². The normalized spacial score (nSPS) is 13.7. The smallest absolute Gasteiger partial charge is 0.319 e. The van der Waals surface area contributed by atoms with Gasteiger partial charge < -0.3 is 25.3 Å². The van der Waals surface area contributed by atoms with E-state index in [1.807, 2.05) is 54.7 Å². The first-order valence-electron chi connectivity index (χ1n) is 13.3. The zero-order chi connectivity index (χ0) is 26.9. The molecule has 1 saturated heterocycles. The number of aromatic nitrogens is 2. The number of amides is 3. The van der Waals surface area contributed by atoms with Gasteiger partial charge in [-0.25, -0.2) is 4.79 Å². The van der Waals surface area contributed by atoms with Gasteiger partial charge in [0.25, 0.3) is 5.91 Å². The van der Waals surface area contributed by atoms with Crippen molar-refractivity contribution in [1.82, 2.24) is 25.1 Å². The average molecular weight is 527 g/mol. The summed E-state index contributed by atoms with van der Waals surface area (Å²) in [5, 5.41) is 9.62. The molecule has 0 bridgehead atoms. The van der Waals surface area contributed by atoms with Crippen LogP contribution in [-0.4, -0.2) is 65.8 Å². The van der Waals surface area contributed by atoms with Gasteiger partial charge in [0.15, 0.2) is 0 Å². The van der Waals surface area contributed by atoms with Crippen molar-refractivity contribution in [2.75, 3.05) is 44.7 Å². The van der Waals surface area contributed by atoms with E-state index in [0.717, 1.165) is 61.3 Å². The molecule has 2 aromatic carbocycles. The maximum absolute atomic E-state index is 13.3. The van der Waals surface area contributed by atoms with Crippen LogP contribution in [0.2, 0.25) is 0 Å². The van der Waals surface area contributed by atoms with Crippen LogP contribution in [-0.2, 0) is 17.8 Å². The van der Waals surface area contributed by atoms with Gasteiger partial charge in [-0.3, -0.25) is 14.7 Å². The topological polar surface area (TPSA) is 101 Å². The molecule has 3 N–H and O–H groups in total. The Kier molecular flexibility index (Phi) is 8.82. The molecule has 202 valence electrons. The third-order valence-corrected chi connectivity index (χ3v) is 6.80. The first kappa shape index (κ1) is 26.4. The second kappa shape index (κ2) is 13.0. The number of nitrogens with zero attached hydrogens (tertiary/aromatic N) is 3. The molecule has 0 saturated carbocycles. The van der Waals surface area contributed by atoms with Crippen LogP contribution in [0, 0.1) is 0 Å². The maximum Gasteiger partial charge on any atom is 0.319 e. The quantitative estimate of drug-likeness (QED) is 0.273. The van der Waals surface area contributed by atoms with Crippen LogP contribution in [0.15, 0.2) is 79.3 Å². The maximum atomic E-state index is 13.3. The van der Waals surface area contributed by atoms with Crippen LogP contribution < -0.4 is 16.0 Å². The van der Waals surface area contributed by atoms with Crippen molar-refractivity contribution in [2.45, 2.75) is 19.5 Å². The number of hydrogen-bond donors (Lipinski definition) is 3. The van der Waals surface area contributed by atoms with Crippen molar-refractivity contribution < 1.29 is 14.3 Å². The molecule has 1 aliphatic heterocycles. The summed E-state index contributed by atoms with van der Waals surface area (Å²) in [5.74, 6) is -0.119. The molecule has 9 nitrogen and oxygen atoms in total. The molecule has 0 aliphatic carbocycles. The second-order valence-corrected chi connectivity index (χ2v) is 9.62. The molecular weight excluding hydrogens is 492 g/mol. The molecule has 39 heavy (non-hydrogen) atoms. The molecule has 3 heterocycles. The largest absolute Gasteiger partial charge is 0.379 e. The van der Waals surface area contributed by atoms with Crippen LogP contribution in [0.4, 0.5) is 10.5 Å². The van der Waals surface area contributed by atoms with Gasteiger partial charge in [0, 0.05) is 67.9 Å². The third kappa shape index (κ3) is 7.22. The van der Waals surface area contributed by atoms with Crippen LogP contribution in [0.5, 0.6) is 0 Å². The molecule has 1 fully saturated rings. The monoisotopic (exact) mass is 526 g/mol. The number of urea groups is 1. The highest BCUT2D eigenvalue weighted by atomic mass is 16.5. The van der Waals surface area contributed by atoms with E-state index in [1.54, 1.807) is 12.4 Å². The zero-order valence-corrected chi connectivity index (χ0v) is 21.9. The Hall–Kier alpha value is -4.21. The van der Waals surface area contributed by atoms with Crippen LogP contribution in [0.3, 0.4) is 0 Å². The predicted molar refractivity (Wildman–Crippen MR) is 152 cm³/mol. The molecule has 0 atom stereocenters. The van der Waals surface area contributed by atoms with E-state index in [4.69, 9.17) is 4.74 Å². The van der Waals surface area contributed by atoms with Crippen molar-refractivity contribution in [1.29, 1.82) is 0 Å². The van der Waals surface area contributed by atoms with E-state index in [-0.39, 0.29) is 11.9 Å². The molecule has 9 heteroatoms. The minimum atomic E-state index is -0.323. The average Bonchev–Trinajstić information content (AvgIpc) is 3.33. The van der Waals surface area contributed by atoms with E-state index < -0.39 is 0 Å². The molecule has 0 spiro atoms. The van der Waals surface area contributed by atoms with Gasteiger partial charge in [0.05, 0.1) is 18.8 Å². The van der Waals surface area contributed by atoms with Crippen molar-refractivity contribution in [3.63, 3.8) is 0 Å². The molecule has 0 unspecified atom stereocenters. The number of rotatable bonds is 10. The highest BCUT2D eigenvalue weighted by Gasteiger charge is 2.17. The van der Waals surface area contributed by atoms with Gasteiger partial charge in [-0.15, -0.1) is 0 Å². The Balaban J connectivity index is 1.29. The SMILES string of the molecule is O=C(NCc1cccnc1)Nc1ccc2c(c1)c(C(=O)NCCCN1CCOCC1)cn2Cc1ccccc1. The lowest BCUT2D eigenvalue weighted by atomic mass is 10.1. The molecule has 2 aromatic heterocycles. The summed E-state index contributed by atoms with van der Waals surface area (Å²) in [7, 11) is 0. The van der Waals surface area contributed by atoms with Gasteiger partial charge >= 0.3 is 6.03 Å². The lowest BCUT2D eigenvalue weighted by molar-refractivity contribution is 0.0374. The Morgan fingerprint density at radius 2 is 1.77 bits per heavy atom. The fourth-order valence-electron chi connectivity index (χ4n) is 4.75. The number of pyridine rings is 1. The van der Waals surface area contributed by atoms with E-state index >= 15 is 0 Å². The van der Waals surface area contributed by atoms with Crippen molar-refractivity contribution in [3.8, 4) is 0 Å². The van der Waals surface area contributed by atoms with Gasteiger partial charge in [-0.2, -0.15) is 0 Å². The summed E-state index contributed by atoms with van der Waals surface area (Å²) in [6.07, 6.45) is 6.19. The number of ether oxygens (including phenoxy) is 1. The van der Waals surface area contributed by atoms with Gasteiger partial charge in [-0.05, 0) is 48.4 Å². The fourth-order valence-corrected chi connectivity index (χ4v) is 4.75. The lowest BCUT2D eigenvalue weighted by Crippen LogP contribution is -2.38. The van der Waals surface area contributed by atoms with Gasteiger partial charge in [0.1, 0.15) is 0 Å². The van der Waals surface area contributed by atoms with Gasteiger partial charge in [0.2, 0.25) is 0 Å². The Morgan fingerprint density at radius 1 is 0.949 bits per heavy atom. The summed E-state index contributed by atoms with van der Waals surface area (Å²) in [6.45, 7) is 5.95. The first-order chi connectivity index (χ1) is 19.2. The number of fused-ring (bicyclic) bond motifs is 1. The number of benzene rings is 2. The molecular formula is C30H34N6O3. The summed E-state index contributed by atoms with van der Waals surface area (Å²) in [4.78, 5) is 32.3. The van der Waals surface area contributed by atoms with Crippen molar-refractivity contribution in [2.24, 2.45) is 0 Å². The van der Waals surface area contributed by atoms with Crippen molar-refractivity contribution in [3.05, 3.63) is 95.9 Å². The minimum absolute atomic E-state index is 0.119. The number of anilines is 1. The molecule has 5 rings (SSSR count). The van der Waals surface area contributed by atoms with Gasteiger partial charge in [-0.1, -0.05) is 36.4 Å². The van der Waals surface area contributed by atoms with E-state index in [1.165, 1.54) is 0 Å². The first-order valence-corrected chi connectivity index (χ1v) is 13.3. The van der Waals surface area contributed by atoms with Crippen LogP contribution in [0.25, 0.3) is 10.9 Å². The fraction of sp³-hybridized carbons (Fsp3) is 0.300. The second-order valence-electron chi connectivity index (χ2n) is 9.62. The summed E-state index contributed by atoms with van der Waals surface area (Å²) in [5.41, 5.74) is 4.19. The number of morpholine rings is 1. The lowest BCUT2D eigenvalue weighted by Gasteiger charge is -2.26. The Morgan fingerprint density at radius 3 is 2.56 bits per heavy atom. The van der Waals surface area contributed by atoms with Crippen molar-refractivity contribution >= 4 is 28.5 Å². The third-order valence-electron chi connectivity index (χ3n) is 6.80. The molecule has 1 aliphatic rings.